The summed E-state index contributed by atoms with van der Waals surface area (Å²) in [6.45, 7) is 10.6. The minimum atomic E-state index is 0.592. The van der Waals surface area contributed by atoms with Crippen LogP contribution in [-0.4, -0.2) is 43.2 Å². The topological polar surface area (TPSA) is 24.5 Å². The molecule has 0 aliphatic carbocycles. The van der Waals surface area contributed by atoms with Crippen LogP contribution in [0.4, 0.5) is 0 Å². The lowest BCUT2D eigenvalue weighted by atomic mass is 10.1. The number of aryl methyl sites for hydroxylation is 1. The van der Waals surface area contributed by atoms with Crippen molar-refractivity contribution in [1.82, 2.24) is 10.2 Å². The molecule has 2 atom stereocenters. The van der Waals surface area contributed by atoms with Gasteiger partial charge in [-0.25, -0.2) is 0 Å². The second kappa shape index (κ2) is 6.21. The Morgan fingerprint density at radius 2 is 1.89 bits per heavy atom. The van der Waals surface area contributed by atoms with Gasteiger partial charge >= 0.3 is 0 Å². The van der Waals surface area contributed by atoms with E-state index in [0.29, 0.717) is 12.1 Å². The van der Waals surface area contributed by atoms with Gasteiger partial charge in [0, 0.05) is 31.7 Å². The average molecular weight is 248 g/mol. The van der Waals surface area contributed by atoms with Crippen molar-refractivity contribution in [3.63, 3.8) is 0 Å². The zero-order valence-corrected chi connectivity index (χ0v) is 11.6. The van der Waals surface area contributed by atoms with Gasteiger partial charge in [-0.1, -0.05) is 18.2 Å². The minimum Gasteiger partial charge on any atom is -0.492 e. The Kier molecular flexibility index (Phi) is 4.61. The van der Waals surface area contributed by atoms with E-state index in [1.807, 2.05) is 18.2 Å². The number of hydrogen-bond donors (Lipinski definition) is 1. The van der Waals surface area contributed by atoms with Gasteiger partial charge in [0.25, 0.3) is 0 Å². The molecule has 1 aliphatic rings. The van der Waals surface area contributed by atoms with E-state index in [4.69, 9.17) is 4.74 Å². The largest absolute Gasteiger partial charge is 0.492 e. The molecule has 0 spiro atoms. The predicted molar refractivity (Wildman–Crippen MR) is 75.2 cm³/mol. The molecule has 1 heterocycles. The smallest absolute Gasteiger partial charge is 0.122 e. The molecular formula is C15H24N2O. The maximum Gasteiger partial charge on any atom is 0.122 e. The van der Waals surface area contributed by atoms with Gasteiger partial charge in [-0.15, -0.1) is 0 Å². The van der Waals surface area contributed by atoms with Crippen molar-refractivity contribution in [3.05, 3.63) is 29.8 Å². The molecule has 1 saturated heterocycles. The van der Waals surface area contributed by atoms with Gasteiger partial charge in [-0.3, -0.25) is 4.90 Å². The molecule has 0 bridgehead atoms. The fourth-order valence-electron chi connectivity index (χ4n) is 2.59. The van der Waals surface area contributed by atoms with E-state index in [2.05, 4.69) is 37.1 Å². The molecule has 1 aromatic rings. The lowest BCUT2D eigenvalue weighted by Gasteiger charge is -2.39. The average Bonchev–Trinajstić information content (AvgIpc) is 2.35. The highest BCUT2D eigenvalue weighted by molar-refractivity contribution is 5.31. The quantitative estimate of drug-likeness (QED) is 0.882. The molecule has 1 aromatic carbocycles. The van der Waals surface area contributed by atoms with Gasteiger partial charge in [-0.2, -0.15) is 0 Å². The summed E-state index contributed by atoms with van der Waals surface area (Å²) in [5.41, 5.74) is 1.21. The van der Waals surface area contributed by atoms with Gasteiger partial charge in [0.05, 0.1) is 0 Å². The van der Waals surface area contributed by atoms with E-state index < -0.39 is 0 Å². The van der Waals surface area contributed by atoms with Gasteiger partial charge in [-0.05, 0) is 32.4 Å². The first kappa shape index (κ1) is 13.4. The van der Waals surface area contributed by atoms with Crippen LogP contribution >= 0.6 is 0 Å². The summed E-state index contributed by atoms with van der Waals surface area (Å²) in [4.78, 5) is 2.52. The van der Waals surface area contributed by atoms with E-state index in [-0.39, 0.29) is 0 Å². The molecule has 1 aliphatic heterocycles. The lowest BCUT2D eigenvalue weighted by molar-refractivity contribution is 0.0964. The van der Waals surface area contributed by atoms with Crippen molar-refractivity contribution < 1.29 is 4.74 Å². The third-order valence-electron chi connectivity index (χ3n) is 3.71. The van der Waals surface area contributed by atoms with E-state index in [0.717, 1.165) is 32.0 Å². The lowest BCUT2D eigenvalue weighted by Crippen LogP contribution is -2.55. The summed E-state index contributed by atoms with van der Waals surface area (Å²) in [7, 11) is 0. The second-order valence-corrected chi connectivity index (χ2v) is 5.21. The number of ether oxygens (including phenoxy) is 1. The van der Waals surface area contributed by atoms with Crippen molar-refractivity contribution >= 4 is 0 Å². The Morgan fingerprint density at radius 3 is 2.56 bits per heavy atom. The van der Waals surface area contributed by atoms with Crippen LogP contribution in [0.3, 0.4) is 0 Å². The Labute approximate surface area is 110 Å². The molecule has 1 fully saturated rings. The summed E-state index contributed by atoms with van der Waals surface area (Å²) >= 11 is 0. The van der Waals surface area contributed by atoms with E-state index >= 15 is 0 Å². The van der Waals surface area contributed by atoms with Crippen LogP contribution in [0.15, 0.2) is 24.3 Å². The first-order chi connectivity index (χ1) is 8.68. The summed E-state index contributed by atoms with van der Waals surface area (Å²) in [6.07, 6.45) is 0. The molecule has 0 saturated carbocycles. The van der Waals surface area contributed by atoms with Crippen LogP contribution in [0, 0.1) is 6.92 Å². The molecule has 3 heteroatoms. The van der Waals surface area contributed by atoms with Gasteiger partial charge in [0.15, 0.2) is 0 Å². The minimum absolute atomic E-state index is 0.592. The maximum absolute atomic E-state index is 5.87. The molecule has 2 rings (SSSR count). The number of rotatable bonds is 4. The third kappa shape index (κ3) is 3.24. The number of piperazine rings is 1. The first-order valence-corrected chi connectivity index (χ1v) is 6.83. The van der Waals surface area contributed by atoms with Crippen molar-refractivity contribution in [2.24, 2.45) is 0 Å². The third-order valence-corrected chi connectivity index (χ3v) is 3.71. The fraction of sp³-hybridized carbons (Fsp3) is 0.600. The van der Waals surface area contributed by atoms with E-state index in [1.165, 1.54) is 5.56 Å². The number of nitrogens with one attached hydrogen (secondary N) is 1. The Balaban J connectivity index is 1.83. The number of nitrogens with zero attached hydrogens (tertiary/aromatic N) is 1. The van der Waals surface area contributed by atoms with Gasteiger partial charge in [0.2, 0.25) is 0 Å². The van der Waals surface area contributed by atoms with E-state index in [1.54, 1.807) is 0 Å². The van der Waals surface area contributed by atoms with Crippen molar-refractivity contribution in [3.8, 4) is 5.75 Å². The summed E-state index contributed by atoms with van der Waals surface area (Å²) in [6, 6.07) is 9.38. The first-order valence-electron chi connectivity index (χ1n) is 6.83. The summed E-state index contributed by atoms with van der Waals surface area (Å²) in [5.74, 6) is 1.01. The SMILES string of the molecule is Cc1ccccc1OCCN1C(C)CNCC1C. The highest BCUT2D eigenvalue weighted by Crippen LogP contribution is 2.16. The number of hydrogen-bond acceptors (Lipinski definition) is 3. The molecular weight excluding hydrogens is 224 g/mol. The summed E-state index contributed by atoms with van der Waals surface area (Å²) < 4.78 is 5.87. The monoisotopic (exact) mass is 248 g/mol. The molecule has 100 valence electrons. The number of para-hydroxylation sites is 1. The maximum atomic E-state index is 5.87. The Bertz CT molecular complexity index is 371. The van der Waals surface area contributed by atoms with Crippen LogP contribution in [0.25, 0.3) is 0 Å². The second-order valence-electron chi connectivity index (χ2n) is 5.21. The highest BCUT2D eigenvalue weighted by Gasteiger charge is 2.23. The Hall–Kier alpha value is -1.06. The molecule has 2 unspecified atom stereocenters. The molecule has 0 amide bonds. The standard InChI is InChI=1S/C15H24N2O/c1-12-6-4-5-7-15(12)18-9-8-17-13(2)10-16-11-14(17)3/h4-7,13-14,16H,8-11H2,1-3H3. The van der Waals surface area contributed by atoms with Gasteiger partial charge < -0.3 is 10.1 Å². The fourth-order valence-corrected chi connectivity index (χ4v) is 2.59. The molecule has 0 aromatic heterocycles. The molecule has 0 radical (unpaired) electrons. The Morgan fingerprint density at radius 1 is 1.22 bits per heavy atom. The molecule has 1 N–H and O–H groups in total. The zero-order valence-electron chi connectivity index (χ0n) is 11.6. The highest BCUT2D eigenvalue weighted by atomic mass is 16.5. The van der Waals surface area contributed by atoms with Crippen LogP contribution in [0.1, 0.15) is 19.4 Å². The van der Waals surface area contributed by atoms with Crippen LogP contribution in [0.5, 0.6) is 5.75 Å². The predicted octanol–water partition coefficient (Wildman–Crippen LogP) is 2.06. The van der Waals surface area contributed by atoms with Crippen molar-refractivity contribution in [1.29, 1.82) is 0 Å². The van der Waals surface area contributed by atoms with Crippen LogP contribution in [-0.2, 0) is 0 Å². The normalized spacial score (nSPS) is 25.1. The van der Waals surface area contributed by atoms with Crippen molar-refractivity contribution in [2.45, 2.75) is 32.9 Å². The van der Waals surface area contributed by atoms with E-state index in [9.17, 15) is 0 Å². The zero-order chi connectivity index (χ0) is 13.0. The molecule has 18 heavy (non-hydrogen) atoms. The van der Waals surface area contributed by atoms with Crippen LogP contribution in [0.2, 0.25) is 0 Å². The van der Waals surface area contributed by atoms with Crippen molar-refractivity contribution in [2.75, 3.05) is 26.2 Å². The van der Waals surface area contributed by atoms with Gasteiger partial charge in [0.1, 0.15) is 12.4 Å². The number of benzene rings is 1. The van der Waals surface area contributed by atoms with Crippen LogP contribution < -0.4 is 10.1 Å². The summed E-state index contributed by atoms with van der Waals surface area (Å²) in [5, 5.41) is 3.45. The molecule has 3 nitrogen and oxygen atoms in total.